The molecule has 1 N–H and O–H groups in total. The van der Waals surface area contributed by atoms with Crippen LogP contribution in [0.15, 0.2) is 170 Å². The predicted octanol–water partition coefficient (Wildman–Crippen LogP) is 25.3. The van der Waals surface area contributed by atoms with Gasteiger partial charge in [-0.1, -0.05) is 325 Å². The molecule has 534 valence electrons. The molecule has 0 rings (SSSR count). The van der Waals surface area contributed by atoms with Gasteiger partial charge in [-0.15, -0.1) is 0 Å². The topological polar surface area (TPSA) is 108 Å². The van der Waals surface area contributed by atoms with E-state index in [2.05, 4.69) is 184 Å². The number of quaternary nitrogens is 1. The molecule has 2 atom stereocenters. The van der Waals surface area contributed by atoms with Gasteiger partial charge in [0.25, 0.3) is 0 Å². The van der Waals surface area contributed by atoms with Gasteiger partial charge < -0.3 is 18.9 Å². The minimum Gasteiger partial charge on any atom is -0.462 e. The van der Waals surface area contributed by atoms with E-state index in [4.69, 9.17) is 18.5 Å². The van der Waals surface area contributed by atoms with Gasteiger partial charge in [-0.3, -0.25) is 18.6 Å². The van der Waals surface area contributed by atoms with Crippen LogP contribution in [0.2, 0.25) is 0 Å². The number of hydrogen-bond acceptors (Lipinski definition) is 7. The molecule has 0 aromatic heterocycles. The van der Waals surface area contributed by atoms with Crippen molar-refractivity contribution in [3.8, 4) is 0 Å². The van der Waals surface area contributed by atoms with Gasteiger partial charge in [0.2, 0.25) is 0 Å². The molecule has 2 unspecified atom stereocenters. The van der Waals surface area contributed by atoms with E-state index in [1.807, 2.05) is 21.1 Å². The maximum absolute atomic E-state index is 12.9. The molecule has 0 saturated carbocycles. The van der Waals surface area contributed by atoms with E-state index in [1.54, 1.807) is 0 Å². The number of nitrogens with zero attached hydrogens (tertiary/aromatic N) is 1. The highest BCUT2D eigenvalue weighted by Gasteiger charge is 2.27. The third kappa shape index (κ3) is 76.4. The quantitative estimate of drug-likeness (QED) is 0.0211. The number of ether oxygens (including phenoxy) is 2. The SMILES string of the molecule is CC/C=C\C/C=C\C/C=C\C/C=C\C/C=C\C/C=C\C/C=C\C/C=C\C/C=C\CCCCCCCC(=O)OC(COC(=O)CCCCCCCCCCCCCCCCCCCCCCC/C=C\C/C=C\C/C=C\C/C=C\C/C=C\CC)COP(=O)(O)OCC[N+](C)(C)C. The standard InChI is InChI=1S/C84H140NO8P/c1-6-8-10-12-14-16-18-20-22-24-26-28-30-32-34-36-38-40-41-42-43-45-46-48-50-52-54-56-58-60-62-64-66-68-70-72-74-76-83(86)90-80-82(81-92-94(88,89)91-79-78-85(3,4)5)93-84(87)77-75-73-71-69-67-65-63-61-59-57-55-53-51-49-47-44-39-37-35-33-31-29-27-25-23-21-19-17-15-13-11-9-7-2/h8-11,14-17,20-23,26-29,32-35,39,44,49,51,55,57,61,63,82H,6-7,12-13,18-19,24-25,30-31,36-38,40-43,45-48,50,52-54,56,58-60,62,64-81H2,1-5H3/p+1/b10-8-,11-9-,16-14-,17-15-,22-20-,23-21-,28-26-,29-27-,34-32-,35-33-,44-39-,51-49-,57-55-,63-61-. The summed E-state index contributed by atoms with van der Waals surface area (Å²) in [6.07, 6.45) is 110. The first kappa shape index (κ1) is 89.4. The lowest BCUT2D eigenvalue weighted by molar-refractivity contribution is -0.870. The van der Waals surface area contributed by atoms with Crippen LogP contribution < -0.4 is 0 Å². The molecule has 0 aliphatic heterocycles. The zero-order valence-electron chi connectivity index (χ0n) is 60.9. The summed E-state index contributed by atoms with van der Waals surface area (Å²) in [5.41, 5.74) is 0. The molecule has 0 fully saturated rings. The predicted molar refractivity (Wildman–Crippen MR) is 408 cm³/mol. The van der Waals surface area contributed by atoms with Gasteiger partial charge in [0.1, 0.15) is 19.8 Å². The minimum absolute atomic E-state index is 0.0204. The second-order valence-corrected chi connectivity index (χ2v) is 27.4. The first-order valence-electron chi connectivity index (χ1n) is 37.9. The number of rotatable bonds is 68. The summed E-state index contributed by atoms with van der Waals surface area (Å²) in [6.45, 7) is 4.19. The van der Waals surface area contributed by atoms with Crippen molar-refractivity contribution < 1.29 is 42.1 Å². The molecule has 0 heterocycles. The Morgan fingerprint density at radius 2 is 0.574 bits per heavy atom. The van der Waals surface area contributed by atoms with E-state index in [9.17, 15) is 19.0 Å². The lowest BCUT2D eigenvalue weighted by Crippen LogP contribution is -2.37. The molecule has 0 bridgehead atoms. The maximum Gasteiger partial charge on any atom is 0.472 e. The van der Waals surface area contributed by atoms with Gasteiger partial charge in [0.15, 0.2) is 6.10 Å². The van der Waals surface area contributed by atoms with Crippen molar-refractivity contribution in [2.45, 2.75) is 302 Å². The van der Waals surface area contributed by atoms with Crippen LogP contribution in [0, 0.1) is 0 Å². The number of likely N-dealkylation sites (N-methyl/N-ethyl adjacent to an activating group) is 1. The zero-order valence-corrected chi connectivity index (χ0v) is 61.8. The molecular weight excluding hydrogens is 1180 g/mol. The molecule has 0 amide bonds. The first-order valence-corrected chi connectivity index (χ1v) is 39.4. The van der Waals surface area contributed by atoms with Crippen molar-refractivity contribution >= 4 is 19.8 Å². The summed E-state index contributed by atoms with van der Waals surface area (Å²) in [4.78, 5) is 35.9. The normalized spacial score (nSPS) is 14.1. The van der Waals surface area contributed by atoms with Crippen LogP contribution in [0.1, 0.15) is 296 Å². The Bertz CT molecular complexity index is 2200. The number of esters is 2. The second kappa shape index (κ2) is 72.6. The average Bonchev–Trinajstić information content (AvgIpc) is 1.56. The number of carbonyl (C=O) groups is 2. The molecule has 0 aliphatic carbocycles. The van der Waals surface area contributed by atoms with E-state index < -0.39 is 26.5 Å². The van der Waals surface area contributed by atoms with Crippen molar-refractivity contribution in [2.75, 3.05) is 47.5 Å². The fourth-order valence-corrected chi connectivity index (χ4v) is 10.8. The Labute approximate surface area is 578 Å². The summed E-state index contributed by atoms with van der Waals surface area (Å²) in [7, 11) is 1.45. The minimum atomic E-state index is -4.41. The van der Waals surface area contributed by atoms with Crippen molar-refractivity contribution in [1.29, 1.82) is 0 Å². The van der Waals surface area contributed by atoms with E-state index in [0.29, 0.717) is 17.4 Å². The van der Waals surface area contributed by atoms with E-state index in [1.165, 1.54) is 122 Å². The van der Waals surface area contributed by atoms with Gasteiger partial charge in [0, 0.05) is 12.8 Å². The van der Waals surface area contributed by atoms with Crippen LogP contribution in [0.4, 0.5) is 0 Å². The van der Waals surface area contributed by atoms with Crippen molar-refractivity contribution in [1.82, 2.24) is 0 Å². The largest absolute Gasteiger partial charge is 0.472 e. The molecule has 0 radical (unpaired) electrons. The lowest BCUT2D eigenvalue weighted by atomic mass is 10.0. The van der Waals surface area contributed by atoms with Crippen LogP contribution in [-0.4, -0.2) is 74.9 Å². The highest BCUT2D eigenvalue weighted by Crippen LogP contribution is 2.43. The Kier molecular flexibility index (Phi) is 69.1. The smallest absolute Gasteiger partial charge is 0.462 e. The van der Waals surface area contributed by atoms with Gasteiger partial charge in [-0.25, -0.2) is 4.57 Å². The number of unbranched alkanes of at least 4 members (excludes halogenated alkanes) is 26. The van der Waals surface area contributed by atoms with Crippen LogP contribution in [0.25, 0.3) is 0 Å². The zero-order chi connectivity index (χ0) is 68.3. The summed E-state index contributed by atoms with van der Waals surface area (Å²) < 4.78 is 34.7. The van der Waals surface area contributed by atoms with Gasteiger partial charge in [-0.05, 0) is 128 Å². The number of phosphoric ester groups is 1. The molecule has 0 spiro atoms. The number of phosphoric acid groups is 1. The molecule has 94 heavy (non-hydrogen) atoms. The molecular formula is C84H141NO8P+. The van der Waals surface area contributed by atoms with E-state index in [0.717, 1.165) is 141 Å². The molecule has 0 aromatic rings. The summed E-state index contributed by atoms with van der Waals surface area (Å²) in [5.74, 6) is -0.821. The van der Waals surface area contributed by atoms with Crippen LogP contribution in [-0.2, 0) is 32.7 Å². The second-order valence-electron chi connectivity index (χ2n) is 25.9. The van der Waals surface area contributed by atoms with Crippen molar-refractivity contribution in [3.63, 3.8) is 0 Å². The third-order valence-corrected chi connectivity index (χ3v) is 16.7. The number of allylic oxidation sites excluding steroid dienone is 28. The van der Waals surface area contributed by atoms with Gasteiger partial charge in [0.05, 0.1) is 27.7 Å². The third-order valence-electron chi connectivity index (χ3n) is 15.7. The summed E-state index contributed by atoms with van der Waals surface area (Å²) in [6, 6.07) is 0. The summed E-state index contributed by atoms with van der Waals surface area (Å²) >= 11 is 0. The Hall–Kier alpha value is -4.63. The van der Waals surface area contributed by atoms with E-state index in [-0.39, 0.29) is 32.0 Å². The molecule has 0 aromatic carbocycles. The fraction of sp³-hybridized carbons (Fsp3) is 0.643. The van der Waals surface area contributed by atoms with Crippen molar-refractivity contribution in [3.05, 3.63) is 170 Å². The number of carbonyl (C=O) groups excluding carboxylic acids is 2. The molecule has 9 nitrogen and oxygen atoms in total. The Balaban J connectivity index is 4.07. The molecule has 0 aliphatic rings. The maximum atomic E-state index is 12.9. The highest BCUT2D eigenvalue weighted by molar-refractivity contribution is 7.47. The van der Waals surface area contributed by atoms with Gasteiger partial charge >= 0.3 is 19.8 Å². The monoisotopic (exact) mass is 1320 g/mol. The van der Waals surface area contributed by atoms with Crippen LogP contribution >= 0.6 is 7.82 Å². The molecule has 10 heteroatoms. The Morgan fingerprint density at radius 3 is 0.851 bits per heavy atom. The summed E-state index contributed by atoms with van der Waals surface area (Å²) in [5, 5.41) is 0. The Morgan fingerprint density at radius 1 is 0.330 bits per heavy atom. The highest BCUT2D eigenvalue weighted by atomic mass is 31.2. The number of hydrogen-bond donors (Lipinski definition) is 1. The fourth-order valence-electron chi connectivity index (χ4n) is 10.0. The van der Waals surface area contributed by atoms with Crippen molar-refractivity contribution in [2.24, 2.45) is 0 Å². The lowest BCUT2D eigenvalue weighted by Gasteiger charge is -2.24. The first-order chi connectivity index (χ1) is 46.0. The van der Waals surface area contributed by atoms with Gasteiger partial charge in [-0.2, -0.15) is 0 Å². The van der Waals surface area contributed by atoms with Crippen LogP contribution in [0.5, 0.6) is 0 Å². The van der Waals surface area contributed by atoms with Crippen LogP contribution in [0.3, 0.4) is 0 Å². The average molecular weight is 1320 g/mol. The van der Waals surface area contributed by atoms with E-state index >= 15 is 0 Å². The molecule has 0 saturated heterocycles.